The fourth-order valence-electron chi connectivity index (χ4n) is 3.04. The Morgan fingerprint density at radius 2 is 2.14 bits per heavy atom. The fraction of sp³-hybridized carbons (Fsp3) is 0.533. The van der Waals surface area contributed by atoms with Gasteiger partial charge >= 0.3 is 0 Å². The van der Waals surface area contributed by atoms with Gasteiger partial charge in [0, 0.05) is 12.1 Å². The third kappa shape index (κ3) is 3.05. The van der Waals surface area contributed by atoms with E-state index >= 15 is 0 Å². The van der Waals surface area contributed by atoms with Crippen molar-refractivity contribution in [2.24, 2.45) is 0 Å². The molecule has 3 heterocycles. The minimum atomic E-state index is 0.165. The third-order valence-corrected chi connectivity index (χ3v) is 5.78. The number of nitrogen functional groups attached to an aromatic ring is 1. The van der Waals surface area contributed by atoms with Crippen LogP contribution in [0.2, 0.25) is 0 Å². The molecular formula is C15H20N4OS2. The van der Waals surface area contributed by atoms with Crippen LogP contribution in [0, 0.1) is 0 Å². The SMILES string of the molecule is C[C@@H]1CCC[C@@H](C)N1C(=O)CSc1nc(N)c2ccsc2n1. The summed E-state index contributed by atoms with van der Waals surface area (Å²) in [5, 5.41) is 3.42. The van der Waals surface area contributed by atoms with E-state index in [0.717, 1.165) is 23.1 Å². The van der Waals surface area contributed by atoms with Crippen molar-refractivity contribution in [1.82, 2.24) is 14.9 Å². The van der Waals surface area contributed by atoms with E-state index in [1.807, 2.05) is 16.3 Å². The molecule has 1 aliphatic heterocycles. The van der Waals surface area contributed by atoms with Gasteiger partial charge in [0.15, 0.2) is 5.16 Å². The molecule has 0 aromatic carbocycles. The summed E-state index contributed by atoms with van der Waals surface area (Å²) in [6.07, 6.45) is 3.38. The zero-order chi connectivity index (χ0) is 15.7. The van der Waals surface area contributed by atoms with Crippen molar-refractivity contribution in [1.29, 1.82) is 0 Å². The molecule has 0 saturated carbocycles. The molecule has 5 nitrogen and oxygen atoms in total. The predicted octanol–water partition coefficient (Wildman–Crippen LogP) is 3.16. The number of fused-ring (bicyclic) bond motifs is 1. The van der Waals surface area contributed by atoms with Crippen LogP contribution in [0.25, 0.3) is 10.2 Å². The van der Waals surface area contributed by atoms with Gasteiger partial charge in [-0.2, -0.15) is 0 Å². The summed E-state index contributed by atoms with van der Waals surface area (Å²) in [6, 6.07) is 2.57. The maximum atomic E-state index is 12.5. The summed E-state index contributed by atoms with van der Waals surface area (Å²) >= 11 is 2.91. The minimum Gasteiger partial charge on any atom is -0.383 e. The topological polar surface area (TPSA) is 72.1 Å². The molecule has 0 unspecified atom stereocenters. The first-order chi connectivity index (χ1) is 10.6. The molecule has 0 bridgehead atoms. The number of amides is 1. The Morgan fingerprint density at radius 1 is 1.41 bits per heavy atom. The molecule has 0 spiro atoms. The molecule has 1 fully saturated rings. The molecule has 22 heavy (non-hydrogen) atoms. The van der Waals surface area contributed by atoms with E-state index in [4.69, 9.17) is 5.73 Å². The lowest BCUT2D eigenvalue weighted by atomic mass is 9.98. The molecule has 2 atom stereocenters. The second-order valence-electron chi connectivity index (χ2n) is 5.75. The first-order valence-corrected chi connectivity index (χ1v) is 9.37. The number of rotatable bonds is 3. The molecule has 2 aromatic rings. The van der Waals surface area contributed by atoms with Gasteiger partial charge in [0.2, 0.25) is 5.91 Å². The standard InChI is InChI=1S/C15H20N4OS2/c1-9-4-3-5-10(2)19(9)12(20)8-22-15-17-13(16)11-6-7-21-14(11)18-15/h6-7,9-10H,3-5,8H2,1-2H3,(H2,16,17,18)/t9-,10-/m1/s1. The maximum absolute atomic E-state index is 12.5. The van der Waals surface area contributed by atoms with Crippen molar-refractivity contribution in [2.75, 3.05) is 11.5 Å². The van der Waals surface area contributed by atoms with Crippen LogP contribution < -0.4 is 5.73 Å². The smallest absolute Gasteiger partial charge is 0.233 e. The van der Waals surface area contributed by atoms with Gasteiger partial charge in [0.05, 0.1) is 11.1 Å². The molecule has 0 aliphatic carbocycles. The van der Waals surface area contributed by atoms with Gasteiger partial charge < -0.3 is 10.6 Å². The van der Waals surface area contributed by atoms with Gasteiger partial charge in [-0.25, -0.2) is 9.97 Å². The number of piperidine rings is 1. The van der Waals surface area contributed by atoms with Gasteiger partial charge in [-0.15, -0.1) is 11.3 Å². The summed E-state index contributed by atoms with van der Waals surface area (Å²) < 4.78 is 0. The number of aromatic nitrogens is 2. The number of carbonyl (C=O) groups is 1. The Balaban J connectivity index is 1.69. The fourth-order valence-corrected chi connectivity index (χ4v) is 4.59. The van der Waals surface area contributed by atoms with E-state index in [-0.39, 0.29) is 5.91 Å². The summed E-state index contributed by atoms with van der Waals surface area (Å²) in [5.74, 6) is 1.02. The second-order valence-corrected chi connectivity index (χ2v) is 7.59. The number of likely N-dealkylation sites (tertiary alicyclic amines) is 1. The largest absolute Gasteiger partial charge is 0.383 e. The lowest BCUT2D eigenvalue weighted by molar-refractivity contribution is -0.134. The van der Waals surface area contributed by atoms with Crippen LogP contribution in [-0.2, 0) is 4.79 Å². The first kappa shape index (κ1) is 15.6. The molecule has 1 amide bonds. The number of nitrogens with two attached hydrogens (primary N) is 1. The molecule has 118 valence electrons. The molecule has 7 heteroatoms. The minimum absolute atomic E-state index is 0.165. The van der Waals surface area contributed by atoms with E-state index in [1.165, 1.54) is 29.5 Å². The monoisotopic (exact) mass is 336 g/mol. The van der Waals surface area contributed by atoms with Crippen molar-refractivity contribution in [3.63, 3.8) is 0 Å². The van der Waals surface area contributed by atoms with Crippen LogP contribution in [-0.4, -0.2) is 38.6 Å². The quantitative estimate of drug-likeness (QED) is 0.688. The number of thioether (sulfide) groups is 1. The van der Waals surface area contributed by atoms with E-state index in [1.54, 1.807) is 0 Å². The Hall–Kier alpha value is -1.34. The van der Waals surface area contributed by atoms with Crippen molar-refractivity contribution >= 4 is 45.0 Å². The average molecular weight is 336 g/mol. The molecule has 2 N–H and O–H groups in total. The number of hydrogen-bond donors (Lipinski definition) is 1. The van der Waals surface area contributed by atoms with Gasteiger partial charge in [0.25, 0.3) is 0 Å². The zero-order valence-corrected chi connectivity index (χ0v) is 14.4. The average Bonchev–Trinajstić information content (AvgIpc) is 2.94. The number of thiophene rings is 1. The van der Waals surface area contributed by atoms with Crippen LogP contribution in [0.5, 0.6) is 0 Å². The molecule has 2 aromatic heterocycles. The molecule has 3 rings (SSSR count). The predicted molar refractivity (Wildman–Crippen MR) is 92.2 cm³/mol. The van der Waals surface area contributed by atoms with Crippen molar-refractivity contribution in [2.45, 2.75) is 50.4 Å². The molecule has 1 aliphatic rings. The van der Waals surface area contributed by atoms with Crippen LogP contribution in [0.15, 0.2) is 16.6 Å². The highest BCUT2D eigenvalue weighted by molar-refractivity contribution is 7.99. The molecule has 1 saturated heterocycles. The normalized spacial score (nSPS) is 22.2. The summed E-state index contributed by atoms with van der Waals surface area (Å²) in [4.78, 5) is 24.2. The van der Waals surface area contributed by atoms with Crippen molar-refractivity contribution in [3.05, 3.63) is 11.4 Å². The highest BCUT2D eigenvalue weighted by Crippen LogP contribution is 2.28. The number of hydrogen-bond acceptors (Lipinski definition) is 6. The lowest BCUT2D eigenvalue weighted by Crippen LogP contribution is -2.48. The Morgan fingerprint density at radius 3 is 2.86 bits per heavy atom. The van der Waals surface area contributed by atoms with Crippen LogP contribution >= 0.6 is 23.1 Å². The Kier molecular flexibility index (Phi) is 4.54. The third-order valence-electron chi connectivity index (χ3n) is 4.14. The van der Waals surface area contributed by atoms with Gasteiger partial charge in [0.1, 0.15) is 10.6 Å². The van der Waals surface area contributed by atoms with Crippen LogP contribution in [0.4, 0.5) is 5.82 Å². The van der Waals surface area contributed by atoms with E-state index in [9.17, 15) is 4.79 Å². The van der Waals surface area contributed by atoms with Gasteiger partial charge in [-0.05, 0) is 44.6 Å². The van der Waals surface area contributed by atoms with Gasteiger partial charge in [-0.3, -0.25) is 4.79 Å². The van der Waals surface area contributed by atoms with E-state index < -0.39 is 0 Å². The zero-order valence-electron chi connectivity index (χ0n) is 12.8. The Bertz CT molecular complexity index is 677. The summed E-state index contributed by atoms with van der Waals surface area (Å²) in [6.45, 7) is 4.26. The van der Waals surface area contributed by atoms with E-state index in [2.05, 4.69) is 23.8 Å². The van der Waals surface area contributed by atoms with Crippen molar-refractivity contribution in [3.8, 4) is 0 Å². The summed E-state index contributed by atoms with van der Waals surface area (Å²) in [7, 11) is 0. The maximum Gasteiger partial charge on any atom is 0.233 e. The lowest BCUT2D eigenvalue weighted by Gasteiger charge is -2.39. The van der Waals surface area contributed by atoms with E-state index in [0.29, 0.717) is 28.8 Å². The number of nitrogens with zero attached hydrogens (tertiary/aromatic N) is 3. The van der Waals surface area contributed by atoms with Gasteiger partial charge in [-0.1, -0.05) is 11.8 Å². The Labute approximate surface area is 138 Å². The number of anilines is 1. The highest BCUT2D eigenvalue weighted by Gasteiger charge is 2.28. The van der Waals surface area contributed by atoms with Crippen LogP contribution in [0.3, 0.4) is 0 Å². The number of carbonyl (C=O) groups excluding carboxylic acids is 1. The summed E-state index contributed by atoms with van der Waals surface area (Å²) in [5.41, 5.74) is 5.94. The van der Waals surface area contributed by atoms with Crippen molar-refractivity contribution < 1.29 is 4.79 Å². The second kappa shape index (κ2) is 6.42. The molecule has 0 radical (unpaired) electrons. The molecular weight excluding hydrogens is 316 g/mol. The van der Waals surface area contributed by atoms with Crippen LogP contribution in [0.1, 0.15) is 33.1 Å². The highest BCUT2D eigenvalue weighted by atomic mass is 32.2. The first-order valence-electron chi connectivity index (χ1n) is 7.51.